The maximum Gasteiger partial charge on any atom is 0.306 e. The second-order valence-corrected chi connectivity index (χ2v) is 2.97. The lowest BCUT2D eigenvalue weighted by atomic mass is 10.2. The van der Waals surface area contributed by atoms with E-state index in [1.54, 1.807) is 30.3 Å². The van der Waals surface area contributed by atoms with Crippen molar-refractivity contribution in [1.82, 2.24) is 0 Å². The lowest BCUT2D eigenvalue weighted by Gasteiger charge is -2.08. The number of carboxylic acid groups (broad SMARTS) is 1. The summed E-state index contributed by atoms with van der Waals surface area (Å²) in [5.41, 5.74) is 0.520. The number of carbonyl (C=O) groups is 2. The van der Waals surface area contributed by atoms with Crippen LogP contribution in [0.15, 0.2) is 30.3 Å². The van der Waals surface area contributed by atoms with Crippen molar-refractivity contribution in [2.45, 2.75) is 12.5 Å². The topological polar surface area (TPSA) is 86.6 Å². The summed E-state index contributed by atoms with van der Waals surface area (Å²) < 4.78 is 0. The maximum atomic E-state index is 11.2. The number of benzene rings is 1. The number of amides is 1. The molecule has 1 amide bonds. The van der Waals surface area contributed by atoms with E-state index in [1.165, 1.54) is 0 Å². The van der Waals surface area contributed by atoms with Gasteiger partial charge in [0.1, 0.15) is 6.10 Å². The number of aliphatic carboxylic acids is 1. The molecule has 0 bridgehead atoms. The number of anilines is 1. The third-order valence-electron chi connectivity index (χ3n) is 1.71. The number of carbonyl (C=O) groups excluding carboxylic acids is 1. The molecule has 0 saturated carbocycles. The van der Waals surface area contributed by atoms with Crippen LogP contribution in [0, 0.1) is 0 Å². The van der Waals surface area contributed by atoms with Crippen molar-refractivity contribution in [2.24, 2.45) is 0 Å². The summed E-state index contributed by atoms with van der Waals surface area (Å²) in [6, 6.07) is 8.51. The van der Waals surface area contributed by atoms with Crippen LogP contribution in [0.25, 0.3) is 0 Å². The molecule has 0 radical (unpaired) electrons. The summed E-state index contributed by atoms with van der Waals surface area (Å²) in [7, 11) is 0. The molecule has 1 unspecified atom stereocenters. The zero-order valence-corrected chi connectivity index (χ0v) is 7.88. The summed E-state index contributed by atoms with van der Waals surface area (Å²) in [5, 5.41) is 19.9. The van der Waals surface area contributed by atoms with Gasteiger partial charge in [-0.05, 0) is 12.1 Å². The summed E-state index contributed by atoms with van der Waals surface area (Å²) in [6.07, 6.45) is -2.12. The van der Waals surface area contributed by atoms with E-state index in [1.807, 2.05) is 0 Å². The van der Waals surface area contributed by atoms with Gasteiger partial charge in [-0.15, -0.1) is 0 Å². The number of rotatable bonds is 4. The standard InChI is InChI=1S/C10H11NO4/c12-8(6-9(13)14)10(15)11-7-4-2-1-3-5-7/h1-5,8,12H,6H2,(H,11,15)(H,13,14). The zero-order chi connectivity index (χ0) is 11.3. The van der Waals surface area contributed by atoms with Gasteiger partial charge in [0.25, 0.3) is 5.91 Å². The predicted molar refractivity (Wildman–Crippen MR) is 53.3 cm³/mol. The van der Waals surface area contributed by atoms with E-state index in [0.29, 0.717) is 5.69 Å². The summed E-state index contributed by atoms with van der Waals surface area (Å²) in [6.45, 7) is 0. The summed E-state index contributed by atoms with van der Waals surface area (Å²) >= 11 is 0. The van der Waals surface area contributed by atoms with Crippen LogP contribution < -0.4 is 5.32 Å². The highest BCUT2D eigenvalue weighted by molar-refractivity contribution is 5.95. The van der Waals surface area contributed by atoms with Crippen LogP contribution in [0.2, 0.25) is 0 Å². The molecular formula is C10H11NO4. The molecule has 0 saturated heterocycles. The Labute approximate surface area is 86.4 Å². The number of carboxylic acids is 1. The molecule has 1 aromatic carbocycles. The molecular weight excluding hydrogens is 198 g/mol. The van der Waals surface area contributed by atoms with Gasteiger partial charge in [-0.3, -0.25) is 9.59 Å². The van der Waals surface area contributed by atoms with E-state index in [0.717, 1.165) is 0 Å². The highest BCUT2D eigenvalue weighted by Gasteiger charge is 2.18. The first-order valence-corrected chi connectivity index (χ1v) is 4.35. The summed E-state index contributed by atoms with van der Waals surface area (Å²) in [5.74, 6) is -1.94. The SMILES string of the molecule is O=C(O)CC(O)C(=O)Nc1ccccc1. The molecule has 5 nitrogen and oxygen atoms in total. The molecule has 0 aliphatic heterocycles. The Balaban J connectivity index is 2.52. The number of hydrogen-bond donors (Lipinski definition) is 3. The number of nitrogens with one attached hydrogen (secondary N) is 1. The molecule has 0 heterocycles. The monoisotopic (exact) mass is 209 g/mol. The van der Waals surface area contributed by atoms with Crippen molar-refractivity contribution in [1.29, 1.82) is 0 Å². The molecule has 0 aliphatic rings. The van der Waals surface area contributed by atoms with Crippen molar-refractivity contribution < 1.29 is 19.8 Å². The molecule has 1 aromatic rings. The van der Waals surface area contributed by atoms with Gasteiger partial charge < -0.3 is 15.5 Å². The van der Waals surface area contributed by atoms with Gasteiger partial charge in [-0.25, -0.2) is 0 Å². The third kappa shape index (κ3) is 3.78. The van der Waals surface area contributed by atoms with Crippen molar-refractivity contribution >= 4 is 17.6 Å². The lowest BCUT2D eigenvalue weighted by molar-refractivity contribution is -0.142. The quantitative estimate of drug-likeness (QED) is 0.672. The van der Waals surface area contributed by atoms with Crippen LogP contribution in [-0.4, -0.2) is 28.2 Å². The largest absolute Gasteiger partial charge is 0.481 e. The highest BCUT2D eigenvalue weighted by atomic mass is 16.4. The van der Waals surface area contributed by atoms with Gasteiger partial charge in [0.2, 0.25) is 0 Å². The molecule has 5 heteroatoms. The first-order valence-electron chi connectivity index (χ1n) is 4.35. The third-order valence-corrected chi connectivity index (χ3v) is 1.71. The number of aliphatic hydroxyl groups is 1. The van der Waals surface area contributed by atoms with Gasteiger partial charge in [0.15, 0.2) is 0 Å². The fraction of sp³-hybridized carbons (Fsp3) is 0.200. The molecule has 0 spiro atoms. The van der Waals surface area contributed by atoms with Crippen molar-refractivity contribution in [3.05, 3.63) is 30.3 Å². The van der Waals surface area contributed by atoms with Crippen LogP contribution in [-0.2, 0) is 9.59 Å². The molecule has 1 rings (SSSR count). The van der Waals surface area contributed by atoms with E-state index < -0.39 is 24.4 Å². The van der Waals surface area contributed by atoms with Crippen molar-refractivity contribution in [3.63, 3.8) is 0 Å². The zero-order valence-electron chi connectivity index (χ0n) is 7.88. The molecule has 0 aromatic heterocycles. The lowest BCUT2D eigenvalue weighted by Crippen LogP contribution is -2.29. The molecule has 0 fully saturated rings. The minimum absolute atomic E-state index is 0.520. The fourth-order valence-electron chi connectivity index (χ4n) is 1.01. The molecule has 80 valence electrons. The highest BCUT2D eigenvalue weighted by Crippen LogP contribution is 2.06. The van der Waals surface area contributed by atoms with E-state index >= 15 is 0 Å². The summed E-state index contributed by atoms with van der Waals surface area (Å²) in [4.78, 5) is 21.5. The van der Waals surface area contributed by atoms with Crippen LogP contribution in [0.4, 0.5) is 5.69 Å². The first kappa shape index (κ1) is 11.2. The molecule has 0 aliphatic carbocycles. The fourth-order valence-corrected chi connectivity index (χ4v) is 1.01. The Kier molecular flexibility index (Phi) is 3.82. The van der Waals surface area contributed by atoms with Gasteiger partial charge in [-0.1, -0.05) is 18.2 Å². The second-order valence-electron chi connectivity index (χ2n) is 2.97. The van der Waals surface area contributed by atoms with E-state index in [-0.39, 0.29) is 0 Å². The predicted octanol–water partition coefficient (Wildman–Crippen LogP) is 0.461. The number of para-hydroxylation sites is 1. The smallest absolute Gasteiger partial charge is 0.306 e. The average Bonchev–Trinajstić information content (AvgIpc) is 2.18. The minimum Gasteiger partial charge on any atom is -0.481 e. The Morgan fingerprint density at radius 1 is 1.27 bits per heavy atom. The van der Waals surface area contributed by atoms with E-state index in [2.05, 4.69) is 5.32 Å². The van der Waals surface area contributed by atoms with Crippen LogP contribution in [0.3, 0.4) is 0 Å². The van der Waals surface area contributed by atoms with Gasteiger partial charge in [0, 0.05) is 5.69 Å². The Morgan fingerprint density at radius 3 is 2.40 bits per heavy atom. The second kappa shape index (κ2) is 5.11. The van der Waals surface area contributed by atoms with Crippen molar-refractivity contribution in [3.8, 4) is 0 Å². The Bertz CT molecular complexity index is 350. The maximum absolute atomic E-state index is 11.2. The van der Waals surface area contributed by atoms with E-state index in [9.17, 15) is 9.59 Å². The van der Waals surface area contributed by atoms with Gasteiger partial charge >= 0.3 is 5.97 Å². The van der Waals surface area contributed by atoms with Crippen LogP contribution in [0.1, 0.15) is 6.42 Å². The molecule has 1 atom stereocenters. The van der Waals surface area contributed by atoms with Crippen molar-refractivity contribution in [2.75, 3.05) is 5.32 Å². The minimum atomic E-state index is -1.53. The van der Waals surface area contributed by atoms with Gasteiger partial charge in [-0.2, -0.15) is 0 Å². The Hall–Kier alpha value is -1.88. The van der Waals surface area contributed by atoms with E-state index in [4.69, 9.17) is 10.2 Å². The van der Waals surface area contributed by atoms with Crippen LogP contribution >= 0.6 is 0 Å². The molecule has 3 N–H and O–H groups in total. The normalized spacial score (nSPS) is 11.8. The van der Waals surface area contributed by atoms with Crippen LogP contribution in [0.5, 0.6) is 0 Å². The Morgan fingerprint density at radius 2 is 1.87 bits per heavy atom. The first-order chi connectivity index (χ1) is 7.09. The van der Waals surface area contributed by atoms with Gasteiger partial charge in [0.05, 0.1) is 6.42 Å². The average molecular weight is 209 g/mol. The molecule has 15 heavy (non-hydrogen) atoms. The number of hydrogen-bond acceptors (Lipinski definition) is 3. The number of aliphatic hydroxyl groups excluding tert-OH is 1.